The molecule has 0 saturated carbocycles. The van der Waals surface area contributed by atoms with Crippen LogP contribution >= 0.6 is 0 Å². The van der Waals surface area contributed by atoms with Crippen molar-refractivity contribution in [3.63, 3.8) is 0 Å². The monoisotopic (exact) mass is 581 g/mol. The van der Waals surface area contributed by atoms with Crippen molar-refractivity contribution in [3.8, 4) is 0 Å². The maximum absolute atomic E-state index is 11.6. The summed E-state index contributed by atoms with van der Waals surface area (Å²) in [7, 11) is -4.71. The molecule has 38 heavy (non-hydrogen) atoms. The van der Waals surface area contributed by atoms with Gasteiger partial charge in [-0.3, -0.25) is 9.45 Å². The molecular formula is C27H53N2O7S2+. The lowest BCUT2D eigenvalue weighted by atomic mass is 10.0. The maximum atomic E-state index is 11.6. The minimum Gasteiger partial charge on any atom is -0.462 e. The first kappa shape index (κ1) is 35.0. The lowest BCUT2D eigenvalue weighted by Gasteiger charge is -2.47. The zero-order valence-corrected chi connectivity index (χ0v) is 25.4. The van der Waals surface area contributed by atoms with Gasteiger partial charge in [-0.05, 0) is 38.6 Å². The number of piperazine rings is 1. The zero-order valence-electron chi connectivity index (χ0n) is 23.8. The van der Waals surface area contributed by atoms with Gasteiger partial charge in [0.15, 0.2) is 0 Å². The average molecular weight is 582 g/mol. The van der Waals surface area contributed by atoms with Crippen molar-refractivity contribution in [3.05, 3.63) is 12.2 Å². The van der Waals surface area contributed by atoms with E-state index in [1.54, 1.807) is 6.92 Å². The first-order chi connectivity index (χ1) is 17.7. The number of nitrogens with zero attached hydrogens (tertiary/aromatic N) is 2. The third-order valence-corrected chi connectivity index (χ3v) is 9.10. The summed E-state index contributed by atoms with van der Waals surface area (Å²) in [6.45, 7) is 9.90. The van der Waals surface area contributed by atoms with E-state index in [4.69, 9.17) is 9.29 Å². The lowest BCUT2D eigenvalue weighted by Crippen LogP contribution is -2.62. The van der Waals surface area contributed by atoms with Crippen LogP contribution in [0.1, 0.15) is 84.0 Å². The van der Waals surface area contributed by atoms with Gasteiger partial charge in [0.25, 0.3) is 10.1 Å². The minimum atomic E-state index is -3.95. The molecule has 1 aliphatic rings. The molecule has 0 aliphatic carbocycles. The van der Waals surface area contributed by atoms with Crippen molar-refractivity contribution in [1.82, 2.24) is 4.90 Å². The molecule has 0 aromatic carbocycles. The average Bonchev–Trinajstić information content (AvgIpc) is 2.79. The summed E-state index contributed by atoms with van der Waals surface area (Å²) in [6.07, 6.45) is 12.4. The van der Waals surface area contributed by atoms with Crippen LogP contribution in [0.25, 0.3) is 0 Å². The molecule has 0 amide bonds. The number of hydrogen-bond acceptors (Lipinski definition) is 6. The molecule has 1 fully saturated rings. The van der Waals surface area contributed by atoms with Crippen molar-refractivity contribution in [1.29, 1.82) is 0 Å². The van der Waals surface area contributed by atoms with Gasteiger partial charge in [-0.25, -0.2) is 9.00 Å². The summed E-state index contributed by atoms with van der Waals surface area (Å²) >= 11 is 0. The number of quaternary nitrogens is 1. The Morgan fingerprint density at radius 3 is 2.08 bits per heavy atom. The zero-order chi connectivity index (χ0) is 28.7. The van der Waals surface area contributed by atoms with Crippen molar-refractivity contribution >= 4 is 31.8 Å². The summed E-state index contributed by atoms with van der Waals surface area (Å²) in [5.41, 5.74) is 0.441. The van der Waals surface area contributed by atoms with Gasteiger partial charge in [0.1, 0.15) is 0 Å². The Bertz CT molecular complexity index is 922. The molecule has 3 atom stereocenters. The number of likely N-dealkylation sites (N-methyl/N-ethyl adjacent to an activating group) is 1. The molecule has 11 heteroatoms. The number of unbranched alkanes of at least 4 members (excludes halogenated alkanes) is 8. The molecule has 9 nitrogen and oxygen atoms in total. The molecule has 1 rings (SSSR count). The second kappa shape index (κ2) is 17.7. The van der Waals surface area contributed by atoms with Crippen molar-refractivity contribution in [2.24, 2.45) is 0 Å². The van der Waals surface area contributed by atoms with Gasteiger partial charge in [0, 0.05) is 24.3 Å². The molecule has 3 unspecified atom stereocenters. The molecule has 0 aromatic heterocycles. The number of rotatable bonds is 21. The van der Waals surface area contributed by atoms with E-state index in [0.717, 1.165) is 62.8 Å². The standard InChI is InChI=1S/C27H52N2O7S2/c1-25(2)27(30)36-21-13-11-9-7-5-6-8-10-12-16-26-24-29(3,19-15-22-37(4,31)32)20-18-28(26)17-14-23-38(33,34)35/h26H,1,4-24H2,2-3H3,(H-,31,32,33,34,35)/p+1. The van der Waals surface area contributed by atoms with E-state index in [1.807, 2.05) is 0 Å². The third-order valence-electron chi connectivity index (χ3n) is 7.37. The largest absolute Gasteiger partial charge is 0.462 e. The van der Waals surface area contributed by atoms with Crippen LogP contribution in [0.2, 0.25) is 0 Å². The number of carbonyl (C=O) groups is 1. The molecule has 224 valence electrons. The van der Waals surface area contributed by atoms with E-state index in [1.165, 1.54) is 32.1 Å². The summed E-state index contributed by atoms with van der Waals surface area (Å²) in [5, 5.41) is 0. The summed E-state index contributed by atoms with van der Waals surface area (Å²) in [5.74, 6) is 3.03. The molecule has 1 heterocycles. The first-order valence-electron chi connectivity index (χ1n) is 14.1. The van der Waals surface area contributed by atoms with E-state index in [-0.39, 0.29) is 17.5 Å². The molecule has 0 spiro atoms. The smallest absolute Gasteiger partial charge is 0.333 e. The number of carbonyl (C=O) groups excluding carboxylic acids is 1. The molecule has 0 radical (unpaired) electrons. The Labute approximate surface area is 232 Å². The van der Waals surface area contributed by atoms with Gasteiger partial charge < -0.3 is 13.8 Å². The van der Waals surface area contributed by atoms with Crippen LogP contribution in [-0.4, -0.2) is 107 Å². The van der Waals surface area contributed by atoms with Crippen LogP contribution in [-0.2, 0) is 29.5 Å². The van der Waals surface area contributed by atoms with Crippen molar-refractivity contribution in [2.75, 3.05) is 57.9 Å². The van der Waals surface area contributed by atoms with Gasteiger partial charge in [-0.15, -0.1) is 0 Å². The maximum Gasteiger partial charge on any atom is 0.333 e. The number of ether oxygens (including phenoxy) is 1. The molecular weight excluding hydrogens is 528 g/mol. The molecule has 0 aromatic rings. The Kier molecular flexibility index (Phi) is 16.3. The van der Waals surface area contributed by atoms with Gasteiger partial charge in [-0.2, -0.15) is 8.42 Å². The lowest BCUT2D eigenvalue weighted by molar-refractivity contribution is -0.916. The van der Waals surface area contributed by atoms with Gasteiger partial charge in [-0.1, -0.05) is 57.9 Å². The fourth-order valence-corrected chi connectivity index (χ4v) is 6.24. The Morgan fingerprint density at radius 2 is 1.53 bits per heavy atom. The fraction of sp³-hybridized carbons (Fsp3) is 0.852. The number of hydrogen-bond donors (Lipinski definition) is 2. The Balaban J connectivity index is 2.33. The fourth-order valence-electron chi connectivity index (χ4n) is 5.17. The van der Waals surface area contributed by atoms with Crippen LogP contribution in [0.5, 0.6) is 0 Å². The molecule has 0 bridgehead atoms. The van der Waals surface area contributed by atoms with Crippen LogP contribution in [0, 0.1) is 0 Å². The van der Waals surface area contributed by atoms with Crippen LogP contribution < -0.4 is 0 Å². The topological polar surface area (TPSA) is 121 Å². The highest BCUT2D eigenvalue weighted by atomic mass is 32.2. The highest BCUT2D eigenvalue weighted by molar-refractivity contribution is 7.95. The normalized spacial score (nSPS) is 22.2. The van der Waals surface area contributed by atoms with Crippen molar-refractivity contribution in [2.45, 2.75) is 90.0 Å². The second-order valence-electron chi connectivity index (χ2n) is 11.3. The quantitative estimate of drug-likeness (QED) is 0.0521. The van der Waals surface area contributed by atoms with Crippen LogP contribution in [0.3, 0.4) is 0 Å². The predicted octanol–water partition coefficient (Wildman–Crippen LogP) is 3.99. The van der Waals surface area contributed by atoms with E-state index in [9.17, 15) is 22.0 Å². The highest BCUT2D eigenvalue weighted by Crippen LogP contribution is 2.22. The Hall–Kier alpha value is -0.980. The SMILES string of the molecule is C=C(C)C(=O)OCCCCCCCCCCCC1C[N+](C)(CCCS(=C)(=O)O)CCN1CCCS(=O)(=O)O. The third kappa shape index (κ3) is 17.6. The van der Waals surface area contributed by atoms with Gasteiger partial charge >= 0.3 is 5.97 Å². The van der Waals surface area contributed by atoms with Gasteiger partial charge in [0.2, 0.25) is 0 Å². The van der Waals surface area contributed by atoms with E-state index >= 15 is 0 Å². The van der Waals surface area contributed by atoms with E-state index < -0.39 is 19.9 Å². The van der Waals surface area contributed by atoms with Crippen molar-refractivity contribution < 1.29 is 35.7 Å². The van der Waals surface area contributed by atoms with E-state index in [0.29, 0.717) is 37.6 Å². The second-order valence-corrected chi connectivity index (χ2v) is 14.8. The molecule has 1 aliphatic heterocycles. The molecule has 2 N–H and O–H groups in total. The van der Waals surface area contributed by atoms with Crippen LogP contribution in [0.15, 0.2) is 12.2 Å². The highest BCUT2D eigenvalue weighted by Gasteiger charge is 2.35. The van der Waals surface area contributed by atoms with Crippen LogP contribution in [0.4, 0.5) is 0 Å². The number of esters is 1. The Morgan fingerprint density at radius 1 is 0.947 bits per heavy atom. The van der Waals surface area contributed by atoms with Gasteiger partial charge in [0.05, 0.1) is 54.9 Å². The minimum absolute atomic E-state index is 0.212. The summed E-state index contributed by atoms with van der Waals surface area (Å²) in [6, 6.07) is 0.340. The predicted molar refractivity (Wildman–Crippen MR) is 156 cm³/mol. The summed E-state index contributed by atoms with van der Waals surface area (Å²) < 4.78 is 58.4. The molecule has 1 saturated heterocycles. The van der Waals surface area contributed by atoms with E-state index in [2.05, 4.69) is 24.4 Å². The first-order valence-corrected chi connectivity index (χ1v) is 17.6. The summed E-state index contributed by atoms with van der Waals surface area (Å²) in [4.78, 5) is 13.7.